The lowest BCUT2D eigenvalue weighted by Gasteiger charge is -2.14. The normalized spacial score (nSPS) is 12.6. The van der Waals surface area contributed by atoms with Gasteiger partial charge in [0.2, 0.25) is 0 Å². The maximum absolute atomic E-state index is 12.8. The van der Waals surface area contributed by atoms with Gasteiger partial charge < -0.3 is 9.47 Å². The van der Waals surface area contributed by atoms with Crippen molar-refractivity contribution in [3.63, 3.8) is 0 Å². The minimum Gasteiger partial charge on any atom is -0.497 e. The van der Waals surface area contributed by atoms with E-state index in [-0.39, 0.29) is 35.7 Å². The third-order valence-electron chi connectivity index (χ3n) is 4.92. The minimum atomic E-state index is -0.546. The van der Waals surface area contributed by atoms with Crippen molar-refractivity contribution in [2.24, 2.45) is 0 Å². The molecule has 0 bridgehead atoms. The number of methoxy groups -OCH3 is 1. The molecule has 0 N–H and O–H groups in total. The van der Waals surface area contributed by atoms with Crippen molar-refractivity contribution in [1.29, 1.82) is 0 Å². The Bertz CT molecular complexity index is 1110. The number of fused-ring (bicyclic) bond motifs is 1. The average molecular weight is 401 g/mol. The fourth-order valence-electron chi connectivity index (χ4n) is 3.28. The van der Waals surface area contributed by atoms with E-state index in [1.807, 2.05) is 30.3 Å². The Balaban J connectivity index is 1.49. The fourth-order valence-corrected chi connectivity index (χ4v) is 3.28. The lowest BCUT2D eigenvalue weighted by Crippen LogP contribution is -2.29. The second-order valence-corrected chi connectivity index (χ2v) is 6.87. The largest absolute Gasteiger partial charge is 0.497 e. The molecule has 0 saturated carbocycles. The highest BCUT2D eigenvalue weighted by Crippen LogP contribution is 2.26. The van der Waals surface area contributed by atoms with Crippen molar-refractivity contribution in [3.8, 4) is 5.75 Å². The third kappa shape index (κ3) is 3.80. The monoisotopic (exact) mass is 401 g/mol. The Morgan fingerprint density at radius 3 is 2.23 bits per heavy atom. The van der Waals surface area contributed by atoms with Crippen LogP contribution in [0.2, 0.25) is 0 Å². The lowest BCUT2D eigenvalue weighted by atomic mass is 10.1. The number of carbonyl (C=O) groups is 3. The van der Waals surface area contributed by atoms with Gasteiger partial charge in [0.1, 0.15) is 12.4 Å². The van der Waals surface area contributed by atoms with Gasteiger partial charge in [-0.05, 0) is 41.5 Å². The van der Waals surface area contributed by atoms with E-state index < -0.39 is 11.9 Å². The number of ether oxygens (including phenoxy) is 2. The maximum atomic E-state index is 12.8. The summed E-state index contributed by atoms with van der Waals surface area (Å²) in [5.41, 5.74) is 2.39. The average Bonchev–Trinajstić information content (AvgIpc) is 3.03. The van der Waals surface area contributed by atoms with Crippen LogP contribution < -0.4 is 4.74 Å². The van der Waals surface area contributed by atoms with Gasteiger partial charge in [-0.3, -0.25) is 14.5 Å². The Kier molecular flexibility index (Phi) is 5.30. The van der Waals surface area contributed by atoms with Gasteiger partial charge in [0, 0.05) is 0 Å². The molecule has 3 aromatic rings. The molecule has 2 amide bonds. The first-order chi connectivity index (χ1) is 14.6. The van der Waals surface area contributed by atoms with Crippen LogP contribution in [-0.2, 0) is 17.9 Å². The Morgan fingerprint density at radius 1 is 0.833 bits per heavy atom. The summed E-state index contributed by atoms with van der Waals surface area (Å²) in [4.78, 5) is 39.1. The maximum Gasteiger partial charge on any atom is 0.338 e. The molecule has 1 aliphatic rings. The number of imide groups is 1. The van der Waals surface area contributed by atoms with E-state index >= 15 is 0 Å². The number of benzene rings is 3. The lowest BCUT2D eigenvalue weighted by molar-refractivity contribution is 0.0472. The SMILES string of the molecule is COc1ccc(CN2C(=O)c3ccc(C(=O)OCc4ccccc4)cc3C2=O)cc1. The molecule has 150 valence electrons. The summed E-state index contributed by atoms with van der Waals surface area (Å²) in [7, 11) is 1.57. The number of hydrogen-bond acceptors (Lipinski definition) is 5. The van der Waals surface area contributed by atoms with Crippen molar-refractivity contribution in [2.75, 3.05) is 7.11 Å². The van der Waals surface area contributed by atoms with E-state index in [1.165, 1.54) is 23.1 Å². The van der Waals surface area contributed by atoms with Gasteiger partial charge in [-0.2, -0.15) is 0 Å². The summed E-state index contributed by atoms with van der Waals surface area (Å²) in [6, 6.07) is 20.9. The second kappa shape index (κ2) is 8.21. The molecule has 0 saturated heterocycles. The molecule has 0 radical (unpaired) electrons. The van der Waals surface area contributed by atoms with Gasteiger partial charge in [-0.15, -0.1) is 0 Å². The molecule has 0 aliphatic carbocycles. The number of esters is 1. The smallest absolute Gasteiger partial charge is 0.338 e. The molecule has 1 heterocycles. The van der Waals surface area contributed by atoms with Crippen molar-refractivity contribution >= 4 is 17.8 Å². The fraction of sp³-hybridized carbons (Fsp3) is 0.125. The van der Waals surface area contributed by atoms with Crippen molar-refractivity contribution in [2.45, 2.75) is 13.2 Å². The van der Waals surface area contributed by atoms with Crippen molar-refractivity contribution in [3.05, 3.63) is 101 Å². The zero-order chi connectivity index (χ0) is 21.1. The quantitative estimate of drug-likeness (QED) is 0.463. The molecule has 0 fully saturated rings. The van der Waals surface area contributed by atoms with E-state index in [2.05, 4.69) is 0 Å². The highest BCUT2D eigenvalue weighted by Gasteiger charge is 2.36. The standard InChI is InChI=1S/C24H19NO5/c1-29-19-10-7-16(8-11-19)14-25-22(26)20-12-9-18(13-21(20)23(25)27)24(28)30-15-17-5-3-2-4-6-17/h2-13H,14-15H2,1H3. The second-order valence-electron chi connectivity index (χ2n) is 6.87. The van der Waals surface area contributed by atoms with Crippen LogP contribution in [0.1, 0.15) is 42.2 Å². The highest BCUT2D eigenvalue weighted by molar-refractivity contribution is 6.21. The van der Waals surface area contributed by atoms with E-state index in [9.17, 15) is 14.4 Å². The van der Waals surface area contributed by atoms with Crippen molar-refractivity contribution < 1.29 is 23.9 Å². The summed E-state index contributed by atoms with van der Waals surface area (Å²) < 4.78 is 10.4. The molecular formula is C24H19NO5. The summed E-state index contributed by atoms with van der Waals surface area (Å²) >= 11 is 0. The third-order valence-corrected chi connectivity index (χ3v) is 4.92. The van der Waals surface area contributed by atoms with E-state index in [0.29, 0.717) is 5.75 Å². The van der Waals surface area contributed by atoms with Crippen LogP contribution in [0.25, 0.3) is 0 Å². The number of rotatable bonds is 6. The summed E-state index contributed by atoms with van der Waals surface area (Å²) in [5, 5.41) is 0. The van der Waals surface area contributed by atoms with Crippen LogP contribution in [0.3, 0.4) is 0 Å². The zero-order valence-corrected chi connectivity index (χ0v) is 16.3. The van der Waals surface area contributed by atoms with E-state index in [4.69, 9.17) is 9.47 Å². The molecule has 6 heteroatoms. The molecular weight excluding hydrogens is 382 g/mol. The van der Waals surface area contributed by atoms with Crippen LogP contribution in [0.4, 0.5) is 0 Å². The number of carbonyl (C=O) groups excluding carboxylic acids is 3. The van der Waals surface area contributed by atoms with Gasteiger partial charge in [0.15, 0.2) is 0 Å². The summed E-state index contributed by atoms with van der Waals surface area (Å²) in [5.74, 6) is -0.658. The van der Waals surface area contributed by atoms with Crippen LogP contribution in [0.5, 0.6) is 5.75 Å². The van der Waals surface area contributed by atoms with Crippen LogP contribution in [0, 0.1) is 0 Å². The van der Waals surface area contributed by atoms with Gasteiger partial charge in [0.25, 0.3) is 11.8 Å². The summed E-state index contributed by atoms with van der Waals surface area (Å²) in [6.07, 6.45) is 0. The van der Waals surface area contributed by atoms with E-state index in [0.717, 1.165) is 11.1 Å². The van der Waals surface area contributed by atoms with E-state index in [1.54, 1.807) is 31.4 Å². The zero-order valence-electron chi connectivity index (χ0n) is 16.3. The molecule has 6 nitrogen and oxygen atoms in total. The van der Waals surface area contributed by atoms with Crippen LogP contribution >= 0.6 is 0 Å². The molecule has 4 rings (SSSR count). The first kappa shape index (κ1) is 19.4. The predicted molar refractivity (Wildman–Crippen MR) is 109 cm³/mol. The first-order valence-electron chi connectivity index (χ1n) is 9.41. The Morgan fingerprint density at radius 2 is 1.53 bits per heavy atom. The molecule has 3 aromatic carbocycles. The van der Waals surface area contributed by atoms with Gasteiger partial charge in [-0.1, -0.05) is 42.5 Å². The predicted octanol–water partition coefficient (Wildman–Crippen LogP) is 3.85. The Hall–Kier alpha value is -3.93. The number of nitrogens with zero attached hydrogens (tertiary/aromatic N) is 1. The summed E-state index contributed by atoms with van der Waals surface area (Å²) in [6.45, 7) is 0.275. The van der Waals surface area contributed by atoms with Gasteiger partial charge in [-0.25, -0.2) is 4.79 Å². The van der Waals surface area contributed by atoms with Crippen LogP contribution in [-0.4, -0.2) is 29.8 Å². The first-order valence-corrected chi connectivity index (χ1v) is 9.41. The molecule has 1 aliphatic heterocycles. The van der Waals surface area contributed by atoms with Crippen LogP contribution in [0.15, 0.2) is 72.8 Å². The topological polar surface area (TPSA) is 72.9 Å². The molecule has 30 heavy (non-hydrogen) atoms. The molecule has 0 atom stereocenters. The Labute approximate surface area is 173 Å². The van der Waals surface area contributed by atoms with Gasteiger partial charge >= 0.3 is 5.97 Å². The van der Waals surface area contributed by atoms with Crippen molar-refractivity contribution in [1.82, 2.24) is 4.90 Å². The number of amides is 2. The van der Waals surface area contributed by atoms with Gasteiger partial charge in [0.05, 0.1) is 30.3 Å². The number of hydrogen-bond donors (Lipinski definition) is 0. The molecule has 0 aromatic heterocycles. The molecule has 0 spiro atoms. The highest BCUT2D eigenvalue weighted by atomic mass is 16.5. The molecule has 0 unspecified atom stereocenters. The minimum absolute atomic E-state index is 0.132.